The summed E-state index contributed by atoms with van der Waals surface area (Å²) in [6.07, 6.45) is 3.18. The summed E-state index contributed by atoms with van der Waals surface area (Å²) in [5.74, 6) is -1.65. The Kier molecular flexibility index (Phi) is 3.61. The van der Waals surface area contributed by atoms with Crippen molar-refractivity contribution < 1.29 is 14.0 Å². The summed E-state index contributed by atoms with van der Waals surface area (Å²) in [6, 6.07) is 2.58. The number of ketones is 1. The number of benzene rings is 1. The molecule has 0 unspecified atom stereocenters. The third-order valence-electron chi connectivity index (χ3n) is 2.80. The van der Waals surface area contributed by atoms with Crippen LogP contribution < -0.4 is 4.90 Å². The van der Waals surface area contributed by atoms with E-state index >= 15 is 0 Å². The summed E-state index contributed by atoms with van der Waals surface area (Å²) >= 11 is 3.01. The molecule has 2 rings (SSSR count). The molecule has 0 fully saturated rings. The van der Waals surface area contributed by atoms with Crippen molar-refractivity contribution in [3.8, 4) is 0 Å². The molecule has 0 N–H and O–H groups in total. The Morgan fingerprint density at radius 2 is 2.11 bits per heavy atom. The van der Waals surface area contributed by atoms with Gasteiger partial charge in [0.05, 0.1) is 15.7 Å². The number of fused-ring (bicyclic) bond motifs is 1. The summed E-state index contributed by atoms with van der Waals surface area (Å²) in [6.45, 7) is 3.99. The Bertz CT molecular complexity index is 542. The first kappa shape index (κ1) is 13.0. The highest BCUT2D eigenvalue weighted by molar-refractivity contribution is 9.10. The van der Waals surface area contributed by atoms with E-state index in [-0.39, 0.29) is 10.0 Å². The van der Waals surface area contributed by atoms with Crippen molar-refractivity contribution in [1.82, 2.24) is 0 Å². The van der Waals surface area contributed by atoms with E-state index in [9.17, 15) is 14.0 Å². The minimum Gasteiger partial charge on any atom is -0.305 e. The van der Waals surface area contributed by atoms with Gasteiger partial charge < -0.3 is 4.90 Å². The maximum absolute atomic E-state index is 13.5. The van der Waals surface area contributed by atoms with E-state index in [1.165, 1.54) is 17.0 Å². The first-order chi connectivity index (χ1) is 8.56. The molecular weight excluding hydrogens is 301 g/mol. The average molecular weight is 312 g/mol. The van der Waals surface area contributed by atoms with Crippen LogP contribution in [0.15, 0.2) is 29.3 Å². The molecule has 5 heteroatoms. The van der Waals surface area contributed by atoms with Crippen molar-refractivity contribution in [2.24, 2.45) is 0 Å². The van der Waals surface area contributed by atoms with E-state index in [4.69, 9.17) is 0 Å². The summed E-state index contributed by atoms with van der Waals surface area (Å²) in [7, 11) is 0. The van der Waals surface area contributed by atoms with Gasteiger partial charge in [-0.05, 0) is 40.9 Å². The van der Waals surface area contributed by atoms with Gasteiger partial charge in [-0.1, -0.05) is 6.08 Å². The fourth-order valence-electron chi connectivity index (χ4n) is 1.90. The number of hydrogen-bond acceptors (Lipinski definition) is 2. The highest BCUT2D eigenvalue weighted by atomic mass is 79.9. The minimum atomic E-state index is -0.591. The first-order valence-corrected chi connectivity index (χ1v) is 6.31. The number of unbranched alkanes of at least 4 members (excludes halogenated alkanes) is 1. The lowest BCUT2D eigenvalue weighted by molar-refractivity contribution is -0.114. The first-order valence-electron chi connectivity index (χ1n) is 5.52. The summed E-state index contributed by atoms with van der Waals surface area (Å²) in [5.41, 5.74) is 0.613. The van der Waals surface area contributed by atoms with Gasteiger partial charge in [0, 0.05) is 6.54 Å². The van der Waals surface area contributed by atoms with Crippen LogP contribution in [0.2, 0.25) is 0 Å². The van der Waals surface area contributed by atoms with Gasteiger partial charge >= 0.3 is 0 Å². The number of rotatable bonds is 4. The standard InChI is InChI=1S/C13H11BrFNO2/c1-2-3-4-5-16-11-7-10(15)9(14)6-8(11)12(17)13(16)18/h2,6-7H,1,3-5H2. The number of Topliss-reactive ketones (excluding diaryl/α,β-unsaturated/α-hetero) is 1. The molecule has 0 radical (unpaired) electrons. The van der Waals surface area contributed by atoms with E-state index in [1.807, 2.05) is 0 Å². The molecule has 3 nitrogen and oxygen atoms in total. The van der Waals surface area contributed by atoms with Crippen LogP contribution in [0.3, 0.4) is 0 Å². The number of allylic oxidation sites excluding steroid dienone is 1. The fraction of sp³-hybridized carbons (Fsp3) is 0.231. The van der Waals surface area contributed by atoms with Crippen LogP contribution in [0.4, 0.5) is 10.1 Å². The zero-order valence-electron chi connectivity index (χ0n) is 9.58. The van der Waals surface area contributed by atoms with Crippen LogP contribution in [0.5, 0.6) is 0 Å². The monoisotopic (exact) mass is 311 g/mol. The molecule has 18 heavy (non-hydrogen) atoms. The van der Waals surface area contributed by atoms with E-state index in [2.05, 4.69) is 22.5 Å². The zero-order chi connectivity index (χ0) is 13.3. The maximum Gasteiger partial charge on any atom is 0.299 e. The minimum absolute atomic E-state index is 0.190. The lowest BCUT2D eigenvalue weighted by Gasteiger charge is -2.15. The molecule has 0 spiro atoms. The van der Waals surface area contributed by atoms with Gasteiger partial charge in [-0.15, -0.1) is 6.58 Å². The van der Waals surface area contributed by atoms with Crippen LogP contribution in [0.25, 0.3) is 0 Å². The topological polar surface area (TPSA) is 37.4 Å². The Labute approximate surface area is 112 Å². The van der Waals surface area contributed by atoms with Gasteiger partial charge in [0.1, 0.15) is 5.82 Å². The van der Waals surface area contributed by atoms with Crippen molar-refractivity contribution in [2.75, 3.05) is 11.4 Å². The smallest absolute Gasteiger partial charge is 0.299 e. The van der Waals surface area contributed by atoms with Crippen molar-refractivity contribution >= 4 is 33.3 Å². The third-order valence-corrected chi connectivity index (χ3v) is 3.41. The Morgan fingerprint density at radius 3 is 2.78 bits per heavy atom. The fourth-order valence-corrected chi connectivity index (χ4v) is 2.25. The molecular formula is C13H11BrFNO2. The largest absolute Gasteiger partial charge is 0.305 e. The van der Waals surface area contributed by atoms with E-state index in [0.717, 1.165) is 6.42 Å². The quantitative estimate of drug-likeness (QED) is 0.487. The second kappa shape index (κ2) is 5.02. The predicted octanol–water partition coefficient (Wildman–Crippen LogP) is 3.08. The molecule has 1 aromatic rings. The van der Waals surface area contributed by atoms with E-state index < -0.39 is 17.5 Å². The number of anilines is 1. The van der Waals surface area contributed by atoms with Gasteiger partial charge in [0.2, 0.25) is 0 Å². The number of halogens is 2. The van der Waals surface area contributed by atoms with Crippen molar-refractivity contribution in [2.45, 2.75) is 12.8 Å². The molecule has 1 aliphatic rings. The van der Waals surface area contributed by atoms with E-state index in [0.29, 0.717) is 18.7 Å². The second-order valence-corrected chi connectivity index (χ2v) is 4.85. The number of nitrogens with zero attached hydrogens (tertiary/aromatic N) is 1. The SMILES string of the molecule is C=CCCCN1C(=O)C(=O)c2cc(Br)c(F)cc21. The van der Waals surface area contributed by atoms with Crippen LogP contribution in [0, 0.1) is 5.82 Å². The molecule has 1 amide bonds. The van der Waals surface area contributed by atoms with Crippen molar-refractivity contribution in [3.63, 3.8) is 0 Å². The molecule has 0 saturated carbocycles. The Hall–Kier alpha value is -1.49. The van der Waals surface area contributed by atoms with Crippen LogP contribution >= 0.6 is 15.9 Å². The molecule has 0 aromatic heterocycles. The third kappa shape index (κ3) is 2.10. The number of hydrogen-bond donors (Lipinski definition) is 0. The highest BCUT2D eigenvalue weighted by Crippen LogP contribution is 2.33. The van der Waals surface area contributed by atoms with Crippen molar-refractivity contribution in [3.05, 3.63) is 40.6 Å². The Morgan fingerprint density at radius 1 is 1.39 bits per heavy atom. The molecule has 94 valence electrons. The molecule has 1 aromatic carbocycles. The summed E-state index contributed by atoms with van der Waals surface area (Å²) in [5, 5.41) is 0. The summed E-state index contributed by atoms with van der Waals surface area (Å²) in [4.78, 5) is 24.9. The molecule has 0 atom stereocenters. The van der Waals surface area contributed by atoms with Crippen LogP contribution in [0.1, 0.15) is 23.2 Å². The van der Waals surface area contributed by atoms with Gasteiger partial charge in [-0.25, -0.2) is 4.39 Å². The molecule has 0 bridgehead atoms. The molecule has 1 heterocycles. The predicted molar refractivity (Wildman–Crippen MR) is 70.2 cm³/mol. The zero-order valence-corrected chi connectivity index (χ0v) is 11.2. The Balaban J connectivity index is 2.35. The lowest BCUT2D eigenvalue weighted by Crippen LogP contribution is -2.30. The van der Waals surface area contributed by atoms with Gasteiger partial charge in [0.25, 0.3) is 11.7 Å². The lowest BCUT2D eigenvalue weighted by atomic mass is 10.1. The number of carbonyl (C=O) groups excluding carboxylic acids is 2. The van der Waals surface area contributed by atoms with Crippen LogP contribution in [-0.4, -0.2) is 18.2 Å². The van der Waals surface area contributed by atoms with Gasteiger partial charge in [-0.2, -0.15) is 0 Å². The van der Waals surface area contributed by atoms with Gasteiger partial charge in [0.15, 0.2) is 0 Å². The second-order valence-electron chi connectivity index (χ2n) is 4.00. The van der Waals surface area contributed by atoms with Crippen LogP contribution in [-0.2, 0) is 4.79 Å². The molecule has 0 saturated heterocycles. The molecule has 0 aliphatic carbocycles. The summed E-state index contributed by atoms with van der Waals surface area (Å²) < 4.78 is 13.7. The van der Waals surface area contributed by atoms with Gasteiger partial charge in [-0.3, -0.25) is 9.59 Å². The normalized spacial score (nSPS) is 14.0. The highest BCUT2D eigenvalue weighted by Gasteiger charge is 2.36. The average Bonchev–Trinajstić information content (AvgIpc) is 2.56. The maximum atomic E-state index is 13.5. The number of carbonyl (C=O) groups is 2. The van der Waals surface area contributed by atoms with E-state index in [1.54, 1.807) is 6.08 Å². The molecule has 1 aliphatic heterocycles. The van der Waals surface area contributed by atoms with Crippen molar-refractivity contribution in [1.29, 1.82) is 0 Å². The number of amides is 1.